The number of carbonyl (C=O) groups is 1. The lowest BCUT2D eigenvalue weighted by Crippen LogP contribution is -2.07. The van der Waals surface area contributed by atoms with Crippen LogP contribution in [-0.4, -0.2) is 29.3 Å². The lowest BCUT2D eigenvalue weighted by molar-refractivity contribution is -0.140. The molecule has 1 atom stereocenters. The van der Waals surface area contributed by atoms with Gasteiger partial charge in [0.1, 0.15) is 10.8 Å². The van der Waals surface area contributed by atoms with Gasteiger partial charge in [-0.05, 0) is 47.4 Å². The summed E-state index contributed by atoms with van der Waals surface area (Å²) < 4.78 is 38.9. The van der Waals surface area contributed by atoms with E-state index in [1.54, 1.807) is 33.5 Å². The van der Waals surface area contributed by atoms with Gasteiger partial charge in [0.05, 0.1) is 23.8 Å². The highest BCUT2D eigenvalue weighted by Crippen LogP contribution is 2.40. The number of fused-ring (bicyclic) bond motifs is 1. The molecule has 212 valence electrons. The average Bonchev–Trinajstić information content (AvgIpc) is 3.38. The number of aromatic nitrogens is 1. The van der Waals surface area contributed by atoms with E-state index in [-0.39, 0.29) is 18.8 Å². The van der Waals surface area contributed by atoms with E-state index in [2.05, 4.69) is 12.6 Å². The number of aliphatic carboxylic acids is 1. The molecule has 4 aromatic rings. The van der Waals surface area contributed by atoms with Crippen LogP contribution in [0.15, 0.2) is 103 Å². The summed E-state index contributed by atoms with van der Waals surface area (Å²) in [5.41, 5.74) is 0.131. The second kappa shape index (κ2) is 13.8. The largest absolute Gasteiger partial charge is 0.482 e. The van der Waals surface area contributed by atoms with Crippen LogP contribution in [0.4, 0.5) is 8.78 Å². The smallest absolute Gasteiger partial charge is 0.341 e. The molecule has 0 amide bonds. The Hall–Kier alpha value is -3.71. The summed E-state index contributed by atoms with van der Waals surface area (Å²) in [6, 6.07) is 20.4. The fraction of sp³-hybridized carbons (Fsp3) is 0.188. The van der Waals surface area contributed by atoms with Crippen LogP contribution in [0.5, 0.6) is 0 Å². The van der Waals surface area contributed by atoms with Crippen molar-refractivity contribution in [3.05, 3.63) is 113 Å². The number of halogens is 2. The number of carboxylic acid groups (broad SMARTS) is 1. The topological polar surface area (TPSA) is 68.7 Å². The molecule has 1 N–H and O–H groups in total. The van der Waals surface area contributed by atoms with E-state index in [9.17, 15) is 13.6 Å². The number of allylic oxidation sites excluding steroid dienone is 3. The molecule has 0 fully saturated rings. The molecule has 0 saturated heterocycles. The molecule has 1 aromatic heterocycles. The van der Waals surface area contributed by atoms with Crippen LogP contribution in [0.1, 0.15) is 23.9 Å². The molecule has 0 aliphatic rings. The van der Waals surface area contributed by atoms with Gasteiger partial charge in [-0.15, -0.1) is 17.9 Å². The van der Waals surface area contributed by atoms with Gasteiger partial charge in [0, 0.05) is 11.1 Å². The van der Waals surface area contributed by atoms with Crippen molar-refractivity contribution in [3.63, 3.8) is 0 Å². The number of carboxylic acids is 1. The van der Waals surface area contributed by atoms with Crippen LogP contribution >= 0.6 is 20.6 Å². The lowest BCUT2D eigenvalue weighted by Gasteiger charge is -2.11. The Morgan fingerprint density at radius 1 is 1.07 bits per heavy atom. The standard InChI is InChI=1S/C32H30F2NO4PS/c1-3-4-9-27(39-20-29(36)37)21(2)16-17-38-19-28-35-30(25-11-10-22-7-5-6-8-24(22)18-25)31(41-28)23-12-14-26(15-13-23)32(33,34)40/h3,5-16,18H,1,4,17,19-20,40H2,2H3,(H,36,37)/b21-16-,27-9+. The summed E-state index contributed by atoms with van der Waals surface area (Å²) in [5, 5.41) is 11.9. The molecule has 0 aliphatic carbocycles. The Balaban J connectivity index is 1.58. The third-order valence-electron chi connectivity index (χ3n) is 6.17. The van der Waals surface area contributed by atoms with Gasteiger partial charge in [0.25, 0.3) is 5.66 Å². The Labute approximate surface area is 244 Å². The maximum Gasteiger partial charge on any atom is 0.341 e. The zero-order valence-corrected chi connectivity index (χ0v) is 24.5. The maximum absolute atomic E-state index is 13.8. The first-order valence-corrected chi connectivity index (χ1v) is 14.2. The van der Waals surface area contributed by atoms with Crippen LogP contribution in [0.2, 0.25) is 0 Å². The summed E-state index contributed by atoms with van der Waals surface area (Å²) in [6.07, 6.45) is 5.82. The summed E-state index contributed by atoms with van der Waals surface area (Å²) in [5.74, 6) is -0.595. The number of rotatable bonds is 13. The monoisotopic (exact) mass is 593 g/mol. The Bertz CT molecular complexity index is 1590. The molecular formula is C32H30F2NO4PS. The second-order valence-corrected chi connectivity index (χ2v) is 11.0. The van der Waals surface area contributed by atoms with Gasteiger partial charge in [0.15, 0.2) is 6.61 Å². The molecule has 0 aliphatic heterocycles. The number of hydrogen-bond acceptors (Lipinski definition) is 5. The zero-order valence-electron chi connectivity index (χ0n) is 22.5. The number of ether oxygens (including phenoxy) is 2. The molecule has 41 heavy (non-hydrogen) atoms. The number of hydrogen-bond donors (Lipinski definition) is 1. The molecule has 9 heteroatoms. The molecule has 4 rings (SSSR count). The van der Waals surface area contributed by atoms with Gasteiger partial charge in [-0.2, -0.15) is 8.78 Å². The first-order valence-electron chi connectivity index (χ1n) is 12.8. The van der Waals surface area contributed by atoms with Gasteiger partial charge in [-0.25, -0.2) is 9.78 Å². The maximum atomic E-state index is 13.8. The summed E-state index contributed by atoms with van der Waals surface area (Å²) in [4.78, 5) is 16.7. The highest BCUT2D eigenvalue weighted by Gasteiger charge is 2.24. The molecule has 0 spiro atoms. The molecule has 0 radical (unpaired) electrons. The minimum atomic E-state index is -3.00. The van der Waals surface area contributed by atoms with Gasteiger partial charge >= 0.3 is 5.97 Å². The molecule has 0 saturated carbocycles. The molecule has 1 heterocycles. The van der Waals surface area contributed by atoms with E-state index in [1.165, 1.54) is 23.5 Å². The SMILES string of the molecule is C=CC/C=C(OCC(=O)O)\C(C)=C/COCc1nc(-c2ccc3ccccc3c2)c(-c2ccc(C(F)(F)P)cc2)s1. The summed E-state index contributed by atoms with van der Waals surface area (Å²) in [6.45, 7) is 5.55. The molecule has 5 nitrogen and oxygen atoms in total. The highest BCUT2D eigenvalue weighted by molar-refractivity contribution is 7.17. The molecule has 3 aromatic carbocycles. The molecule has 0 bridgehead atoms. The quantitative estimate of drug-likeness (QED) is 0.0553. The minimum Gasteiger partial charge on any atom is -0.482 e. The van der Waals surface area contributed by atoms with E-state index in [1.807, 2.05) is 49.4 Å². The Morgan fingerprint density at radius 2 is 1.78 bits per heavy atom. The lowest BCUT2D eigenvalue weighted by atomic mass is 10.0. The minimum absolute atomic E-state index is 0.0809. The van der Waals surface area contributed by atoms with Crippen molar-refractivity contribution >= 4 is 37.3 Å². The number of thiazole rings is 1. The van der Waals surface area contributed by atoms with Gasteiger partial charge in [0.2, 0.25) is 0 Å². The third-order valence-corrected chi connectivity index (χ3v) is 7.58. The van der Waals surface area contributed by atoms with Crippen molar-refractivity contribution in [2.45, 2.75) is 25.6 Å². The van der Waals surface area contributed by atoms with Gasteiger partial charge < -0.3 is 14.6 Å². The fourth-order valence-electron chi connectivity index (χ4n) is 4.09. The van der Waals surface area contributed by atoms with Crippen LogP contribution < -0.4 is 0 Å². The number of alkyl halides is 2. The Morgan fingerprint density at radius 3 is 2.46 bits per heavy atom. The highest BCUT2D eigenvalue weighted by atomic mass is 32.1. The second-order valence-electron chi connectivity index (χ2n) is 9.23. The van der Waals surface area contributed by atoms with Crippen molar-refractivity contribution < 1.29 is 28.2 Å². The Kier molecular flexibility index (Phi) is 10.2. The van der Waals surface area contributed by atoms with Crippen LogP contribution in [0.3, 0.4) is 0 Å². The van der Waals surface area contributed by atoms with Crippen LogP contribution in [-0.2, 0) is 26.5 Å². The summed E-state index contributed by atoms with van der Waals surface area (Å²) >= 11 is 1.45. The van der Waals surface area contributed by atoms with Crippen molar-refractivity contribution in [2.24, 2.45) is 0 Å². The van der Waals surface area contributed by atoms with Crippen LogP contribution in [0.25, 0.3) is 32.5 Å². The van der Waals surface area contributed by atoms with Crippen molar-refractivity contribution in [3.8, 4) is 21.7 Å². The number of benzene rings is 3. The van der Waals surface area contributed by atoms with E-state index >= 15 is 0 Å². The van der Waals surface area contributed by atoms with Crippen molar-refractivity contribution in [2.75, 3.05) is 13.2 Å². The van der Waals surface area contributed by atoms with Crippen molar-refractivity contribution in [1.82, 2.24) is 4.98 Å². The fourth-order valence-corrected chi connectivity index (χ4v) is 5.31. The predicted octanol–water partition coefficient (Wildman–Crippen LogP) is 8.58. The predicted molar refractivity (Wildman–Crippen MR) is 164 cm³/mol. The van der Waals surface area contributed by atoms with E-state index in [0.717, 1.165) is 43.1 Å². The van der Waals surface area contributed by atoms with Gasteiger partial charge in [-0.1, -0.05) is 82.1 Å². The third kappa shape index (κ3) is 8.17. The van der Waals surface area contributed by atoms with E-state index in [0.29, 0.717) is 12.2 Å². The van der Waals surface area contributed by atoms with Crippen LogP contribution in [0, 0.1) is 0 Å². The van der Waals surface area contributed by atoms with Crippen molar-refractivity contribution in [1.29, 1.82) is 0 Å². The normalized spacial score (nSPS) is 12.5. The van der Waals surface area contributed by atoms with E-state index < -0.39 is 18.2 Å². The first kappa shape index (κ1) is 30.3. The first-order chi connectivity index (χ1) is 19.7. The molecular weight excluding hydrogens is 563 g/mol. The molecule has 1 unspecified atom stereocenters. The number of nitrogens with zero attached hydrogens (tertiary/aromatic N) is 1. The van der Waals surface area contributed by atoms with E-state index in [4.69, 9.17) is 19.6 Å². The average molecular weight is 594 g/mol. The van der Waals surface area contributed by atoms with Gasteiger partial charge in [-0.3, -0.25) is 0 Å². The zero-order chi connectivity index (χ0) is 29.4. The summed E-state index contributed by atoms with van der Waals surface area (Å²) in [7, 11) is 1.57.